The van der Waals surface area contributed by atoms with E-state index >= 15 is 0 Å². The van der Waals surface area contributed by atoms with Gasteiger partial charge in [0.25, 0.3) is 5.91 Å². The van der Waals surface area contributed by atoms with E-state index in [1.165, 1.54) is 57.8 Å². The number of carbonyl (C=O) groups is 2. The Morgan fingerprint density at radius 2 is 1.16 bits per heavy atom. The Labute approximate surface area is 194 Å². The lowest BCUT2D eigenvalue weighted by molar-refractivity contribution is -0.116. The zero-order chi connectivity index (χ0) is 23.0. The van der Waals surface area contributed by atoms with Crippen LogP contribution in [0.15, 0.2) is 48.5 Å². The maximum Gasteiger partial charge on any atom is 0.255 e. The number of amides is 2. The van der Waals surface area contributed by atoms with Crippen molar-refractivity contribution in [2.75, 3.05) is 10.6 Å². The molecule has 174 valence electrons. The summed E-state index contributed by atoms with van der Waals surface area (Å²) in [6, 6.07) is 14.8. The normalized spacial score (nSPS) is 10.7. The number of carbonyl (C=O) groups excluding carboxylic acids is 2. The molecule has 2 aromatic carbocycles. The third-order valence-corrected chi connectivity index (χ3v) is 5.82. The lowest BCUT2D eigenvalue weighted by atomic mass is 10.1. The summed E-state index contributed by atoms with van der Waals surface area (Å²) < 4.78 is 0. The van der Waals surface area contributed by atoms with Crippen LogP contribution in [0.25, 0.3) is 0 Å². The minimum Gasteiger partial charge on any atom is -0.326 e. The summed E-state index contributed by atoms with van der Waals surface area (Å²) >= 11 is 0. The van der Waals surface area contributed by atoms with Crippen molar-refractivity contribution < 1.29 is 9.59 Å². The van der Waals surface area contributed by atoms with Crippen molar-refractivity contribution in [3.8, 4) is 0 Å². The average Bonchev–Trinajstić information content (AvgIpc) is 2.79. The second-order valence-corrected chi connectivity index (χ2v) is 8.68. The molecule has 0 aromatic heterocycles. The summed E-state index contributed by atoms with van der Waals surface area (Å²) in [6.45, 7) is 4.18. The highest BCUT2D eigenvalue weighted by atomic mass is 16.2. The van der Waals surface area contributed by atoms with E-state index in [0.717, 1.165) is 24.1 Å². The molecule has 0 saturated carbocycles. The topological polar surface area (TPSA) is 58.2 Å². The van der Waals surface area contributed by atoms with Gasteiger partial charge in [-0.05, 0) is 49.2 Å². The van der Waals surface area contributed by atoms with Gasteiger partial charge in [-0.15, -0.1) is 0 Å². The molecule has 0 radical (unpaired) electrons. The molecule has 0 saturated heterocycles. The van der Waals surface area contributed by atoms with E-state index < -0.39 is 0 Å². The number of rotatable bonds is 15. The van der Waals surface area contributed by atoms with Crippen LogP contribution in [0.1, 0.15) is 99.9 Å². The van der Waals surface area contributed by atoms with E-state index in [-0.39, 0.29) is 11.8 Å². The first-order valence-corrected chi connectivity index (χ1v) is 12.4. The molecule has 2 amide bonds. The Morgan fingerprint density at radius 3 is 1.72 bits per heavy atom. The Morgan fingerprint density at radius 1 is 0.656 bits per heavy atom. The fourth-order valence-corrected chi connectivity index (χ4v) is 3.84. The van der Waals surface area contributed by atoms with Crippen LogP contribution in [0.2, 0.25) is 0 Å². The van der Waals surface area contributed by atoms with Gasteiger partial charge in [-0.2, -0.15) is 0 Å². The molecule has 0 atom stereocenters. The number of unbranched alkanes of at least 4 members (excludes halogenated alkanes) is 10. The molecule has 0 heterocycles. The van der Waals surface area contributed by atoms with E-state index in [9.17, 15) is 9.59 Å². The molecule has 0 fully saturated rings. The first-order valence-electron chi connectivity index (χ1n) is 12.4. The molecule has 0 aliphatic carbocycles. The smallest absolute Gasteiger partial charge is 0.255 e. The fraction of sp³-hybridized carbons (Fsp3) is 0.500. The molecule has 4 heteroatoms. The molecule has 32 heavy (non-hydrogen) atoms. The maximum absolute atomic E-state index is 12.4. The molecule has 4 nitrogen and oxygen atoms in total. The number of nitrogens with one attached hydrogen (secondary N) is 2. The summed E-state index contributed by atoms with van der Waals surface area (Å²) in [5.41, 5.74) is 3.07. The zero-order valence-corrected chi connectivity index (χ0v) is 19.9. The van der Waals surface area contributed by atoms with Crippen molar-refractivity contribution in [1.82, 2.24) is 0 Å². The van der Waals surface area contributed by atoms with Crippen molar-refractivity contribution in [3.63, 3.8) is 0 Å². The van der Waals surface area contributed by atoms with Crippen molar-refractivity contribution in [3.05, 3.63) is 59.7 Å². The van der Waals surface area contributed by atoms with E-state index in [2.05, 4.69) is 17.6 Å². The lowest BCUT2D eigenvalue weighted by Crippen LogP contribution is -2.14. The second-order valence-electron chi connectivity index (χ2n) is 8.68. The summed E-state index contributed by atoms with van der Waals surface area (Å²) in [7, 11) is 0. The summed E-state index contributed by atoms with van der Waals surface area (Å²) in [6.07, 6.45) is 14.6. The molecule has 0 bridgehead atoms. The predicted molar refractivity (Wildman–Crippen MR) is 135 cm³/mol. The molecule has 2 N–H and O–H groups in total. The highest BCUT2D eigenvalue weighted by Crippen LogP contribution is 2.17. The van der Waals surface area contributed by atoms with E-state index in [0.29, 0.717) is 17.7 Å². The van der Waals surface area contributed by atoms with Crippen molar-refractivity contribution in [1.29, 1.82) is 0 Å². The summed E-state index contributed by atoms with van der Waals surface area (Å²) in [4.78, 5) is 24.6. The number of anilines is 2. The predicted octanol–water partition coefficient (Wildman–Crippen LogP) is 7.89. The van der Waals surface area contributed by atoms with Gasteiger partial charge in [0.2, 0.25) is 5.91 Å². The Balaban J connectivity index is 1.58. The monoisotopic (exact) mass is 436 g/mol. The first-order chi connectivity index (χ1) is 15.6. The lowest BCUT2D eigenvalue weighted by Gasteiger charge is -2.09. The average molecular weight is 437 g/mol. The quantitative estimate of drug-likeness (QED) is 0.279. The molecule has 0 aliphatic rings. The minimum absolute atomic E-state index is 0.0534. The number of benzene rings is 2. The Kier molecular flexibility index (Phi) is 12.2. The van der Waals surface area contributed by atoms with Gasteiger partial charge in [-0.25, -0.2) is 0 Å². The fourth-order valence-electron chi connectivity index (χ4n) is 3.84. The highest BCUT2D eigenvalue weighted by Gasteiger charge is 2.09. The highest BCUT2D eigenvalue weighted by molar-refractivity contribution is 6.05. The van der Waals surface area contributed by atoms with Crippen molar-refractivity contribution >= 4 is 23.2 Å². The standard InChI is InChI=1S/C28H40N2O2/c1-3-4-5-6-7-8-9-10-11-12-13-18-27(31)29-24-19-21-25(22-20-24)30-28(32)26-17-15-14-16-23(26)2/h14-17,19-22H,3-13,18H2,1-2H3,(H,29,31)(H,30,32). The Bertz CT molecular complexity index is 814. The minimum atomic E-state index is -0.128. The van der Waals surface area contributed by atoms with Gasteiger partial charge in [0.15, 0.2) is 0 Å². The van der Waals surface area contributed by atoms with Gasteiger partial charge in [-0.1, -0.05) is 89.3 Å². The third-order valence-electron chi connectivity index (χ3n) is 5.82. The van der Waals surface area contributed by atoms with Crippen molar-refractivity contribution in [2.24, 2.45) is 0 Å². The molecule has 2 rings (SSSR count). The molecule has 0 aliphatic heterocycles. The van der Waals surface area contributed by atoms with Gasteiger partial charge in [0, 0.05) is 23.4 Å². The third kappa shape index (κ3) is 10.1. The van der Waals surface area contributed by atoms with Crippen LogP contribution in [0.4, 0.5) is 11.4 Å². The molecule has 0 spiro atoms. The van der Waals surface area contributed by atoms with Crippen LogP contribution in [-0.4, -0.2) is 11.8 Å². The zero-order valence-electron chi connectivity index (χ0n) is 19.9. The van der Waals surface area contributed by atoms with Crippen LogP contribution >= 0.6 is 0 Å². The maximum atomic E-state index is 12.4. The molecule has 0 unspecified atom stereocenters. The SMILES string of the molecule is CCCCCCCCCCCCCC(=O)Nc1ccc(NC(=O)c2ccccc2C)cc1. The first kappa shape index (κ1) is 25.6. The van der Waals surface area contributed by atoms with Crippen molar-refractivity contribution in [2.45, 2.75) is 90.9 Å². The van der Waals surface area contributed by atoms with Crippen LogP contribution in [0.5, 0.6) is 0 Å². The number of hydrogen-bond acceptors (Lipinski definition) is 2. The van der Waals surface area contributed by atoms with E-state index in [1.54, 1.807) is 0 Å². The van der Waals surface area contributed by atoms with Crippen LogP contribution < -0.4 is 10.6 Å². The van der Waals surface area contributed by atoms with Crippen LogP contribution in [-0.2, 0) is 4.79 Å². The van der Waals surface area contributed by atoms with E-state index in [4.69, 9.17) is 0 Å². The van der Waals surface area contributed by atoms with Gasteiger partial charge >= 0.3 is 0 Å². The number of hydrogen-bond donors (Lipinski definition) is 2. The van der Waals surface area contributed by atoms with Gasteiger partial charge < -0.3 is 10.6 Å². The summed E-state index contributed by atoms with van der Waals surface area (Å²) in [5.74, 6) is -0.0750. The number of aryl methyl sites for hydroxylation is 1. The van der Waals surface area contributed by atoms with E-state index in [1.807, 2.05) is 55.5 Å². The van der Waals surface area contributed by atoms with Gasteiger partial charge in [-0.3, -0.25) is 9.59 Å². The van der Waals surface area contributed by atoms with Crippen LogP contribution in [0.3, 0.4) is 0 Å². The summed E-state index contributed by atoms with van der Waals surface area (Å²) in [5, 5.41) is 5.85. The molecular formula is C28H40N2O2. The molecular weight excluding hydrogens is 396 g/mol. The second kappa shape index (κ2) is 15.2. The van der Waals surface area contributed by atoms with Gasteiger partial charge in [0.05, 0.1) is 0 Å². The largest absolute Gasteiger partial charge is 0.326 e. The molecule has 2 aromatic rings. The van der Waals surface area contributed by atoms with Gasteiger partial charge in [0.1, 0.15) is 0 Å². The Hall–Kier alpha value is -2.62. The van der Waals surface area contributed by atoms with Crippen LogP contribution in [0, 0.1) is 6.92 Å².